The first-order valence-corrected chi connectivity index (χ1v) is 7.60. The van der Waals surface area contributed by atoms with Crippen LogP contribution in [0.4, 0.5) is 0 Å². The molecule has 0 unspecified atom stereocenters. The topological polar surface area (TPSA) is 17.3 Å². The van der Waals surface area contributed by atoms with E-state index in [9.17, 15) is 0 Å². The first-order valence-electron chi connectivity index (χ1n) is 7.07. The van der Waals surface area contributed by atoms with Crippen molar-refractivity contribution in [1.29, 1.82) is 0 Å². The lowest BCUT2D eigenvalue weighted by Gasteiger charge is -2.23. The van der Waals surface area contributed by atoms with Gasteiger partial charge in [0, 0.05) is 18.3 Å². The van der Waals surface area contributed by atoms with Gasteiger partial charge in [0.1, 0.15) is 5.65 Å². The van der Waals surface area contributed by atoms with Crippen molar-refractivity contribution >= 4 is 23.3 Å². The highest BCUT2D eigenvalue weighted by Crippen LogP contribution is 2.31. The van der Waals surface area contributed by atoms with E-state index >= 15 is 0 Å². The van der Waals surface area contributed by atoms with Crippen LogP contribution in [0.3, 0.4) is 0 Å². The zero-order valence-corrected chi connectivity index (χ0v) is 11.8. The molecular formula is C16H19ClN2. The highest BCUT2D eigenvalue weighted by atomic mass is 35.5. The smallest absolute Gasteiger partial charge is 0.137 e. The number of hydrogen-bond donors (Lipinski definition) is 0. The highest BCUT2D eigenvalue weighted by Gasteiger charge is 2.17. The number of alkyl halides is 1. The lowest BCUT2D eigenvalue weighted by atomic mass is 9.84. The van der Waals surface area contributed by atoms with Gasteiger partial charge in [-0.15, -0.1) is 11.6 Å². The van der Waals surface area contributed by atoms with Crippen LogP contribution in [0.5, 0.6) is 0 Å². The fraction of sp³-hybridized carbons (Fsp3) is 0.438. The van der Waals surface area contributed by atoms with Crippen LogP contribution in [0, 0.1) is 5.92 Å². The molecule has 100 valence electrons. The van der Waals surface area contributed by atoms with Crippen molar-refractivity contribution < 1.29 is 0 Å². The Balaban J connectivity index is 1.88. The van der Waals surface area contributed by atoms with Gasteiger partial charge in [-0.05, 0) is 37.0 Å². The minimum atomic E-state index is 0.624. The van der Waals surface area contributed by atoms with Crippen molar-refractivity contribution in [1.82, 2.24) is 9.38 Å². The van der Waals surface area contributed by atoms with E-state index in [1.54, 1.807) is 0 Å². The van der Waals surface area contributed by atoms with Crippen LogP contribution in [-0.2, 0) is 0 Å². The van der Waals surface area contributed by atoms with E-state index in [1.807, 2.05) is 24.4 Å². The molecule has 2 aromatic heterocycles. The van der Waals surface area contributed by atoms with E-state index in [0.717, 1.165) is 11.3 Å². The normalized spacial score (nSPS) is 18.1. The van der Waals surface area contributed by atoms with E-state index in [0.29, 0.717) is 11.8 Å². The van der Waals surface area contributed by atoms with Crippen molar-refractivity contribution in [2.45, 2.75) is 32.1 Å². The predicted octanol–water partition coefficient (Wildman–Crippen LogP) is 4.54. The van der Waals surface area contributed by atoms with Crippen LogP contribution in [0.25, 0.3) is 11.7 Å². The maximum Gasteiger partial charge on any atom is 0.137 e. The van der Waals surface area contributed by atoms with Crippen molar-refractivity contribution in [2.24, 2.45) is 5.92 Å². The van der Waals surface area contributed by atoms with Crippen LogP contribution in [0.1, 0.15) is 37.8 Å². The monoisotopic (exact) mass is 274 g/mol. The van der Waals surface area contributed by atoms with Gasteiger partial charge in [-0.3, -0.25) is 0 Å². The first kappa shape index (κ1) is 12.7. The van der Waals surface area contributed by atoms with E-state index in [1.165, 1.54) is 37.7 Å². The van der Waals surface area contributed by atoms with Gasteiger partial charge in [0.2, 0.25) is 0 Å². The number of nitrogens with zero attached hydrogens (tertiary/aromatic N) is 2. The maximum atomic E-state index is 6.15. The number of halogens is 1. The molecule has 1 saturated carbocycles. The van der Waals surface area contributed by atoms with Gasteiger partial charge >= 0.3 is 0 Å². The molecule has 3 heteroatoms. The van der Waals surface area contributed by atoms with Gasteiger partial charge in [0.15, 0.2) is 0 Å². The molecule has 0 aromatic carbocycles. The minimum Gasteiger partial charge on any atom is -0.306 e. The molecule has 0 spiro atoms. The predicted molar refractivity (Wildman–Crippen MR) is 80.5 cm³/mol. The second-order valence-corrected chi connectivity index (χ2v) is 5.59. The maximum absolute atomic E-state index is 6.15. The molecule has 19 heavy (non-hydrogen) atoms. The van der Waals surface area contributed by atoms with E-state index in [-0.39, 0.29) is 0 Å². The lowest BCUT2D eigenvalue weighted by molar-refractivity contribution is 0.405. The molecule has 2 nitrogen and oxygen atoms in total. The summed E-state index contributed by atoms with van der Waals surface area (Å²) < 4.78 is 2.05. The molecule has 0 aliphatic heterocycles. The summed E-state index contributed by atoms with van der Waals surface area (Å²) in [6.45, 7) is 0. The molecule has 0 N–H and O–H groups in total. The molecule has 1 fully saturated rings. The number of allylic oxidation sites excluding steroid dienone is 1. The number of pyridine rings is 1. The molecule has 0 amide bonds. The van der Waals surface area contributed by atoms with E-state index < -0.39 is 0 Å². The summed E-state index contributed by atoms with van der Waals surface area (Å²) in [5.41, 5.74) is 3.36. The molecule has 0 saturated heterocycles. The molecule has 0 radical (unpaired) electrons. The standard InChI is InChI=1S/C16H19ClN2/c17-11-14(13-6-2-1-3-7-13)10-15-12-19-9-5-4-8-16(19)18-15/h4-5,8-10,12-13H,1-3,6-7,11H2. The van der Waals surface area contributed by atoms with Gasteiger partial charge < -0.3 is 4.40 Å². The Hall–Kier alpha value is -1.28. The molecular weight excluding hydrogens is 256 g/mol. The van der Waals surface area contributed by atoms with Crippen LogP contribution < -0.4 is 0 Å². The quantitative estimate of drug-likeness (QED) is 0.751. The van der Waals surface area contributed by atoms with Crippen molar-refractivity contribution in [3.63, 3.8) is 0 Å². The summed E-state index contributed by atoms with van der Waals surface area (Å²) in [5.74, 6) is 1.29. The summed E-state index contributed by atoms with van der Waals surface area (Å²) in [6.07, 6.45) is 12.9. The second kappa shape index (κ2) is 5.79. The highest BCUT2D eigenvalue weighted by molar-refractivity contribution is 6.19. The summed E-state index contributed by atoms with van der Waals surface area (Å²) in [4.78, 5) is 4.62. The molecule has 1 aliphatic carbocycles. The Labute approximate surface area is 119 Å². The van der Waals surface area contributed by atoms with Gasteiger partial charge in [0.25, 0.3) is 0 Å². The number of imidazole rings is 1. The Morgan fingerprint density at radius 2 is 2.16 bits per heavy atom. The second-order valence-electron chi connectivity index (χ2n) is 5.32. The number of aromatic nitrogens is 2. The first-order chi connectivity index (χ1) is 9.36. The Morgan fingerprint density at radius 3 is 2.89 bits per heavy atom. The number of hydrogen-bond acceptors (Lipinski definition) is 1. The molecule has 2 aromatic rings. The van der Waals surface area contributed by atoms with Crippen molar-refractivity contribution in [3.8, 4) is 0 Å². The van der Waals surface area contributed by atoms with Crippen LogP contribution in [0.15, 0.2) is 36.2 Å². The Morgan fingerprint density at radius 1 is 1.32 bits per heavy atom. The molecule has 2 heterocycles. The third-order valence-electron chi connectivity index (χ3n) is 4.00. The summed E-state index contributed by atoms with van der Waals surface area (Å²) in [6, 6.07) is 6.06. The van der Waals surface area contributed by atoms with E-state index in [2.05, 4.69) is 21.7 Å². The fourth-order valence-electron chi connectivity index (χ4n) is 2.95. The number of fused-ring (bicyclic) bond motifs is 1. The largest absolute Gasteiger partial charge is 0.306 e. The summed E-state index contributed by atoms with van der Waals surface area (Å²) >= 11 is 6.15. The van der Waals surface area contributed by atoms with Gasteiger partial charge in [-0.1, -0.05) is 30.9 Å². The molecule has 3 rings (SSSR count). The average molecular weight is 275 g/mol. The third kappa shape index (κ3) is 2.84. The Kier molecular flexibility index (Phi) is 3.88. The van der Waals surface area contributed by atoms with E-state index in [4.69, 9.17) is 11.6 Å². The molecule has 1 aliphatic rings. The summed E-state index contributed by atoms with van der Waals surface area (Å²) in [7, 11) is 0. The van der Waals surface area contributed by atoms with Gasteiger partial charge in [-0.2, -0.15) is 0 Å². The fourth-order valence-corrected chi connectivity index (χ4v) is 3.25. The van der Waals surface area contributed by atoms with Crippen LogP contribution in [0.2, 0.25) is 0 Å². The molecule has 0 atom stereocenters. The summed E-state index contributed by atoms with van der Waals surface area (Å²) in [5, 5.41) is 0. The average Bonchev–Trinajstić information content (AvgIpc) is 2.88. The number of rotatable bonds is 3. The van der Waals surface area contributed by atoms with Gasteiger partial charge in [-0.25, -0.2) is 4.98 Å². The SMILES string of the molecule is ClCC(=Cc1cn2ccccc2n1)C1CCCCC1. The minimum absolute atomic E-state index is 0.624. The van der Waals surface area contributed by atoms with Crippen LogP contribution in [-0.4, -0.2) is 15.3 Å². The zero-order valence-electron chi connectivity index (χ0n) is 11.1. The lowest BCUT2D eigenvalue weighted by Crippen LogP contribution is -2.10. The van der Waals surface area contributed by atoms with Gasteiger partial charge in [0.05, 0.1) is 5.69 Å². The third-order valence-corrected chi connectivity index (χ3v) is 4.31. The van der Waals surface area contributed by atoms with Crippen molar-refractivity contribution in [3.05, 3.63) is 41.9 Å². The zero-order chi connectivity index (χ0) is 13.1. The van der Waals surface area contributed by atoms with Crippen molar-refractivity contribution in [2.75, 3.05) is 5.88 Å². The van der Waals surface area contributed by atoms with Crippen LogP contribution >= 0.6 is 11.6 Å². The molecule has 0 bridgehead atoms. The Bertz CT molecular complexity index is 546.